The Labute approximate surface area is 326 Å². The molecule has 0 amide bonds. The molecule has 56 heavy (non-hydrogen) atoms. The van der Waals surface area contributed by atoms with Crippen LogP contribution in [0.2, 0.25) is 0 Å². The number of ether oxygens (including phenoxy) is 4. The molecule has 1 aliphatic carbocycles. The third kappa shape index (κ3) is 6.33. The molecule has 4 aromatic carbocycles. The van der Waals surface area contributed by atoms with Crippen molar-refractivity contribution < 1.29 is 18.9 Å². The molecule has 7 heteroatoms. The number of allylic oxidation sites excluding steroid dienone is 10. The molecule has 3 aliphatic heterocycles. The van der Waals surface area contributed by atoms with Crippen LogP contribution in [0.5, 0.6) is 23.0 Å². The summed E-state index contributed by atoms with van der Waals surface area (Å²) in [5, 5.41) is 0. The zero-order valence-corrected chi connectivity index (χ0v) is 31.6. The monoisotopic (exact) mass is 733 g/mol. The van der Waals surface area contributed by atoms with Crippen molar-refractivity contribution in [2.75, 3.05) is 28.4 Å². The smallest absolute Gasteiger partial charge is 0.118 e. The van der Waals surface area contributed by atoms with Gasteiger partial charge in [0.1, 0.15) is 23.0 Å². The topological polar surface area (TPSA) is 77.4 Å². The predicted molar refractivity (Wildman–Crippen MR) is 226 cm³/mol. The highest BCUT2D eigenvalue weighted by Gasteiger charge is 2.27. The van der Waals surface area contributed by atoms with Crippen LogP contribution < -0.4 is 18.9 Å². The number of benzene rings is 4. The van der Waals surface area contributed by atoms with Gasteiger partial charge < -0.3 is 23.9 Å². The minimum atomic E-state index is 0.690. The molecule has 0 unspecified atom stereocenters. The van der Waals surface area contributed by atoms with Crippen LogP contribution in [0.1, 0.15) is 40.1 Å². The van der Waals surface area contributed by atoms with Crippen LogP contribution in [0.4, 0.5) is 0 Å². The van der Waals surface area contributed by atoms with Gasteiger partial charge in [0.2, 0.25) is 0 Å². The van der Waals surface area contributed by atoms with Gasteiger partial charge in [0, 0.05) is 33.7 Å². The number of nitrogens with one attached hydrogen (secondary N) is 1. The Balaban J connectivity index is 1.33. The Bertz CT molecular complexity index is 2460. The molecular formula is C49H39N3O4. The van der Waals surface area contributed by atoms with Crippen molar-refractivity contribution in [3.63, 3.8) is 0 Å². The van der Waals surface area contributed by atoms with Crippen molar-refractivity contribution in [3.8, 4) is 23.0 Å². The number of aromatic amines is 1. The van der Waals surface area contributed by atoms with Crippen molar-refractivity contribution in [2.24, 2.45) is 9.98 Å². The molecule has 8 bridgehead atoms. The highest BCUT2D eigenvalue weighted by atomic mass is 16.5. The molecule has 1 aromatic heterocycles. The van der Waals surface area contributed by atoms with Gasteiger partial charge in [0.15, 0.2) is 0 Å². The summed E-state index contributed by atoms with van der Waals surface area (Å²) in [5.74, 6) is 3.18. The number of aliphatic imine (C=N–C) groups is 2. The van der Waals surface area contributed by atoms with Crippen LogP contribution in [0.25, 0.3) is 22.3 Å². The van der Waals surface area contributed by atoms with Crippen molar-refractivity contribution >= 4 is 33.7 Å². The van der Waals surface area contributed by atoms with Crippen molar-refractivity contribution in [3.05, 3.63) is 202 Å². The molecular weight excluding hydrogens is 695 g/mol. The number of methoxy groups -OCH3 is 4. The van der Waals surface area contributed by atoms with Crippen molar-refractivity contribution in [1.82, 2.24) is 4.98 Å². The van der Waals surface area contributed by atoms with Gasteiger partial charge in [-0.1, -0.05) is 60.7 Å². The van der Waals surface area contributed by atoms with Gasteiger partial charge in [-0.25, -0.2) is 9.98 Å². The molecule has 5 aromatic rings. The van der Waals surface area contributed by atoms with Crippen LogP contribution >= 0.6 is 0 Å². The molecule has 274 valence electrons. The first-order valence-electron chi connectivity index (χ1n) is 18.5. The van der Waals surface area contributed by atoms with E-state index in [1.807, 2.05) is 48.5 Å². The second kappa shape index (κ2) is 14.6. The molecule has 0 saturated carbocycles. The molecule has 9 rings (SSSR count). The summed E-state index contributed by atoms with van der Waals surface area (Å²) in [5.41, 5.74) is 15.9. The van der Waals surface area contributed by atoms with Gasteiger partial charge in [0.05, 0.1) is 51.3 Å². The van der Waals surface area contributed by atoms with Gasteiger partial charge in [-0.15, -0.1) is 0 Å². The Morgan fingerprint density at radius 1 is 0.375 bits per heavy atom. The van der Waals surface area contributed by atoms with Crippen molar-refractivity contribution in [2.45, 2.75) is 6.42 Å². The van der Waals surface area contributed by atoms with Gasteiger partial charge in [-0.05, 0) is 125 Å². The fraction of sp³-hybridized carbons (Fsp3) is 0.102. The molecule has 4 heterocycles. The maximum Gasteiger partial charge on any atom is 0.118 e. The van der Waals surface area contributed by atoms with E-state index >= 15 is 0 Å². The zero-order valence-electron chi connectivity index (χ0n) is 31.6. The third-order valence-electron chi connectivity index (χ3n) is 10.6. The first-order valence-corrected chi connectivity index (χ1v) is 18.5. The van der Waals surface area contributed by atoms with Crippen LogP contribution in [0.15, 0.2) is 178 Å². The molecule has 0 spiro atoms. The zero-order chi connectivity index (χ0) is 38.2. The van der Waals surface area contributed by atoms with Crippen LogP contribution in [0.3, 0.4) is 0 Å². The number of rotatable bonds is 8. The molecule has 0 fully saturated rings. The van der Waals surface area contributed by atoms with E-state index in [1.165, 1.54) is 11.1 Å². The lowest BCUT2D eigenvalue weighted by atomic mass is 9.91. The minimum Gasteiger partial charge on any atom is -0.497 e. The Morgan fingerprint density at radius 3 is 1.02 bits per heavy atom. The van der Waals surface area contributed by atoms with Crippen molar-refractivity contribution in [1.29, 1.82) is 0 Å². The van der Waals surface area contributed by atoms with Gasteiger partial charge in [0.25, 0.3) is 0 Å². The van der Waals surface area contributed by atoms with E-state index in [1.54, 1.807) is 28.4 Å². The Hall–Kier alpha value is -7.12. The predicted octanol–water partition coefficient (Wildman–Crippen LogP) is 10.5. The lowest BCUT2D eigenvalue weighted by molar-refractivity contribution is 0.414. The minimum absolute atomic E-state index is 0.690. The normalized spacial score (nSPS) is 15.9. The summed E-state index contributed by atoms with van der Waals surface area (Å²) < 4.78 is 22.2. The van der Waals surface area contributed by atoms with E-state index < -0.39 is 0 Å². The highest BCUT2D eigenvalue weighted by Crippen LogP contribution is 2.42. The van der Waals surface area contributed by atoms with Crippen LogP contribution in [-0.4, -0.2) is 44.8 Å². The first-order chi connectivity index (χ1) is 27.5. The third-order valence-corrected chi connectivity index (χ3v) is 10.6. The summed E-state index contributed by atoms with van der Waals surface area (Å²) in [6.45, 7) is 0. The molecule has 7 nitrogen and oxygen atoms in total. The van der Waals surface area contributed by atoms with E-state index in [-0.39, 0.29) is 0 Å². The van der Waals surface area contributed by atoms with Gasteiger partial charge in [-0.3, -0.25) is 0 Å². The maximum absolute atomic E-state index is 5.55. The molecule has 0 radical (unpaired) electrons. The molecule has 1 N–H and O–H groups in total. The van der Waals surface area contributed by atoms with Crippen LogP contribution in [-0.2, 0) is 0 Å². The number of aromatic nitrogens is 1. The number of hydrogen-bond acceptors (Lipinski definition) is 6. The average molecular weight is 734 g/mol. The number of fused-ring (bicyclic) bond motifs is 6. The molecule has 4 aliphatic rings. The average Bonchev–Trinajstić information content (AvgIpc) is 4.10. The van der Waals surface area contributed by atoms with E-state index in [2.05, 4.69) is 102 Å². The fourth-order valence-corrected chi connectivity index (χ4v) is 7.74. The first kappa shape index (κ1) is 34.6. The second-order valence-corrected chi connectivity index (χ2v) is 13.7. The molecule has 0 saturated heterocycles. The highest BCUT2D eigenvalue weighted by molar-refractivity contribution is 6.34. The number of H-pyrrole nitrogens is 1. The standard InChI is InChI=1S/C49H39N3O4/c1-53-36-15-7-30(8-16-36)46-34-5-6-35(29-34)47(31-9-17-37(54-2)18-10-31)41-24-26-43(51-41)49(33-13-21-39(56-4)22-14-33)45-28-27-44(52-45)48(42-25-23-40(46)50-42)32-11-19-38(55-3)20-12-32/h5-28,52H,29H2,1-4H3. The summed E-state index contributed by atoms with van der Waals surface area (Å²) in [6.07, 6.45) is 13.7. The van der Waals surface area contributed by atoms with Crippen LogP contribution in [0, 0.1) is 0 Å². The summed E-state index contributed by atoms with van der Waals surface area (Å²) in [4.78, 5) is 14.7. The van der Waals surface area contributed by atoms with E-state index in [0.29, 0.717) is 6.42 Å². The van der Waals surface area contributed by atoms with Gasteiger partial charge in [-0.2, -0.15) is 0 Å². The fourth-order valence-electron chi connectivity index (χ4n) is 7.74. The SMILES string of the molecule is COc1ccc(C2=C3C=CC(=C(c4ccc(OC)cc4)C4=NC(=C(c5ccc(OC)cc5)c5ccc([nH]5)C(c5ccc(OC)cc5)=C5C=CC2=N5)C=C4)C3)cc1. The second-order valence-electron chi connectivity index (χ2n) is 13.7. The lowest BCUT2D eigenvalue weighted by Crippen LogP contribution is -2.03. The maximum atomic E-state index is 5.55. The van der Waals surface area contributed by atoms with Gasteiger partial charge >= 0.3 is 0 Å². The summed E-state index contributed by atoms with van der Waals surface area (Å²) in [7, 11) is 6.75. The van der Waals surface area contributed by atoms with E-state index in [9.17, 15) is 0 Å². The Kier molecular flexibility index (Phi) is 9.03. The quantitative estimate of drug-likeness (QED) is 0.172. The largest absolute Gasteiger partial charge is 0.497 e. The lowest BCUT2D eigenvalue weighted by Gasteiger charge is -2.15. The molecule has 0 atom stereocenters. The summed E-state index contributed by atoms with van der Waals surface area (Å²) >= 11 is 0. The number of hydrogen-bond donors (Lipinski definition) is 1. The Morgan fingerprint density at radius 2 is 0.696 bits per heavy atom. The van der Waals surface area contributed by atoms with E-state index in [4.69, 9.17) is 28.9 Å². The van der Waals surface area contributed by atoms with E-state index in [0.717, 1.165) is 102 Å². The number of nitrogens with zero attached hydrogens (tertiary/aromatic N) is 2. The summed E-state index contributed by atoms with van der Waals surface area (Å²) in [6, 6.07) is 37.0.